The van der Waals surface area contributed by atoms with E-state index in [1.807, 2.05) is 12.1 Å². The molecule has 47 heavy (non-hydrogen) atoms. The minimum Gasteiger partial charge on any atom is -0.456 e. The van der Waals surface area contributed by atoms with Gasteiger partial charge in [0.05, 0.1) is 0 Å². The molecule has 1 heterocycles. The number of aryl methyl sites for hydroxylation is 1. The molecule has 0 amide bonds. The van der Waals surface area contributed by atoms with Crippen molar-refractivity contribution in [2.24, 2.45) is 0 Å². The Kier molecular flexibility index (Phi) is 7.45. The molecular weight excluding hydrogens is 571 g/mol. The average molecular weight is 604 g/mol. The second-order valence-electron chi connectivity index (χ2n) is 11.8. The Labute approximate surface area is 275 Å². The van der Waals surface area contributed by atoms with Crippen LogP contribution in [-0.4, -0.2) is 0 Å². The van der Waals surface area contributed by atoms with Crippen LogP contribution in [0.25, 0.3) is 55.7 Å². The molecule has 0 aliphatic rings. The molecule has 0 N–H and O–H groups in total. The van der Waals surface area contributed by atoms with Gasteiger partial charge in [-0.15, -0.1) is 0 Å². The number of fused-ring (bicyclic) bond motifs is 1. The molecular formula is C45H33NO. The van der Waals surface area contributed by atoms with Gasteiger partial charge in [-0.25, -0.2) is 0 Å². The molecule has 7 aromatic carbocycles. The van der Waals surface area contributed by atoms with Crippen molar-refractivity contribution >= 4 is 28.0 Å². The Balaban J connectivity index is 1.15. The van der Waals surface area contributed by atoms with Crippen LogP contribution in [-0.2, 0) is 0 Å². The maximum Gasteiger partial charge on any atom is 0.138 e. The number of rotatable bonds is 7. The van der Waals surface area contributed by atoms with Crippen LogP contribution in [0.3, 0.4) is 0 Å². The Hall–Kier alpha value is -6.12. The van der Waals surface area contributed by atoms with Crippen molar-refractivity contribution in [3.63, 3.8) is 0 Å². The summed E-state index contributed by atoms with van der Waals surface area (Å²) >= 11 is 0. The van der Waals surface area contributed by atoms with Gasteiger partial charge in [0, 0.05) is 33.6 Å². The quantitative estimate of drug-likeness (QED) is 0.180. The summed E-state index contributed by atoms with van der Waals surface area (Å²) in [5, 5.41) is 1.16. The maximum absolute atomic E-state index is 6.29. The van der Waals surface area contributed by atoms with E-state index in [1.165, 1.54) is 27.8 Å². The molecule has 2 heteroatoms. The highest BCUT2D eigenvalue weighted by molar-refractivity contribution is 5.88. The second-order valence-corrected chi connectivity index (χ2v) is 11.8. The first-order valence-corrected chi connectivity index (χ1v) is 16.0. The van der Waals surface area contributed by atoms with Crippen molar-refractivity contribution in [3.05, 3.63) is 188 Å². The summed E-state index contributed by atoms with van der Waals surface area (Å²) in [5.41, 5.74) is 13.6. The molecule has 0 saturated heterocycles. The summed E-state index contributed by atoms with van der Waals surface area (Å²) in [6, 6.07) is 64.4. The van der Waals surface area contributed by atoms with E-state index in [-0.39, 0.29) is 0 Å². The summed E-state index contributed by atoms with van der Waals surface area (Å²) in [4.78, 5) is 2.32. The molecule has 0 bridgehead atoms. The summed E-state index contributed by atoms with van der Waals surface area (Å²) in [7, 11) is 0. The van der Waals surface area contributed by atoms with E-state index in [4.69, 9.17) is 4.42 Å². The zero-order valence-corrected chi connectivity index (χ0v) is 26.2. The molecule has 0 aliphatic carbocycles. The Morgan fingerprint density at radius 3 is 1.28 bits per heavy atom. The van der Waals surface area contributed by atoms with Gasteiger partial charge in [-0.2, -0.15) is 0 Å². The van der Waals surface area contributed by atoms with Crippen molar-refractivity contribution in [3.8, 4) is 44.7 Å². The van der Waals surface area contributed by atoms with Crippen LogP contribution in [0.5, 0.6) is 0 Å². The lowest BCUT2D eigenvalue weighted by atomic mass is 9.99. The van der Waals surface area contributed by atoms with E-state index in [2.05, 4.69) is 182 Å². The van der Waals surface area contributed by atoms with Crippen LogP contribution in [0.15, 0.2) is 186 Å². The molecule has 0 saturated carbocycles. The first-order chi connectivity index (χ1) is 23.2. The Morgan fingerprint density at radius 1 is 0.362 bits per heavy atom. The molecule has 224 valence electrons. The van der Waals surface area contributed by atoms with Gasteiger partial charge in [0.1, 0.15) is 11.3 Å². The van der Waals surface area contributed by atoms with Crippen LogP contribution < -0.4 is 4.90 Å². The van der Waals surface area contributed by atoms with E-state index in [9.17, 15) is 0 Å². The smallest absolute Gasteiger partial charge is 0.138 e. The van der Waals surface area contributed by atoms with Gasteiger partial charge in [-0.05, 0) is 88.8 Å². The molecule has 1 aromatic heterocycles. The van der Waals surface area contributed by atoms with Crippen molar-refractivity contribution in [2.75, 3.05) is 4.90 Å². The van der Waals surface area contributed by atoms with Crippen LogP contribution >= 0.6 is 0 Å². The lowest BCUT2D eigenvalue weighted by molar-refractivity contribution is 0.629. The van der Waals surface area contributed by atoms with E-state index in [0.29, 0.717) is 0 Å². The summed E-state index contributed by atoms with van der Waals surface area (Å²) < 4.78 is 6.29. The monoisotopic (exact) mass is 603 g/mol. The second kappa shape index (κ2) is 12.3. The Bertz CT molecular complexity index is 2180. The van der Waals surface area contributed by atoms with Crippen LogP contribution in [0.4, 0.5) is 17.1 Å². The molecule has 0 fully saturated rings. The highest BCUT2D eigenvalue weighted by Crippen LogP contribution is 2.39. The minimum absolute atomic E-state index is 0.920. The normalized spacial score (nSPS) is 11.1. The van der Waals surface area contributed by atoms with Crippen molar-refractivity contribution in [1.82, 2.24) is 0 Å². The zero-order chi connectivity index (χ0) is 31.6. The van der Waals surface area contributed by atoms with Crippen LogP contribution in [0.1, 0.15) is 5.56 Å². The van der Waals surface area contributed by atoms with Gasteiger partial charge in [0.15, 0.2) is 0 Å². The van der Waals surface area contributed by atoms with E-state index in [1.54, 1.807) is 0 Å². The molecule has 0 radical (unpaired) electrons. The van der Waals surface area contributed by atoms with Crippen LogP contribution in [0, 0.1) is 6.92 Å². The number of nitrogens with zero attached hydrogens (tertiary/aromatic N) is 1. The molecule has 0 spiro atoms. The predicted molar refractivity (Wildman–Crippen MR) is 197 cm³/mol. The molecule has 0 aliphatic heterocycles. The lowest BCUT2D eigenvalue weighted by Crippen LogP contribution is -2.09. The SMILES string of the molecule is Cc1c(-c2cccc(-c3ccc(N(c4ccc(-c5ccccc5)cc4)c4ccc(-c5ccccc5)cc4)cc3)c2)oc2ccccc12. The van der Waals surface area contributed by atoms with Gasteiger partial charge >= 0.3 is 0 Å². The van der Waals surface area contributed by atoms with Crippen molar-refractivity contribution in [2.45, 2.75) is 6.92 Å². The van der Waals surface area contributed by atoms with Gasteiger partial charge < -0.3 is 9.32 Å². The molecule has 2 nitrogen and oxygen atoms in total. The zero-order valence-electron chi connectivity index (χ0n) is 26.2. The molecule has 8 rings (SSSR count). The topological polar surface area (TPSA) is 16.4 Å². The molecule has 0 unspecified atom stereocenters. The van der Waals surface area contributed by atoms with Gasteiger partial charge in [-0.3, -0.25) is 0 Å². The third kappa shape index (κ3) is 5.62. The number of hydrogen-bond acceptors (Lipinski definition) is 2. The highest BCUT2D eigenvalue weighted by atomic mass is 16.3. The standard InChI is InChI=1S/C45H33NO/c1-32-43-17-8-9-18-44(43)47-45(32)39-16-10-15-38(31-39)37-23-29-42(30-24-37)46(40-25-19-35(20-26-40)33-11-4-2-5-12-33)41-27-21-36(22-28-41)34-13-6-3-7-14-34/h2-31H,1H3. The van der Waals surface area contributed by atoms with E-state index in [0.717, 1.165) is 50.5 Å². The third-order valence-corrected chi connectivity index (χ3v) is 8.89. The maximum atomic E-state index is 6.29. The average Bonchev–Trinajstić information content (AvgIpc) is 3.49. The highest BCUT2D eigenvalue weighted by Gasteiger charge is 2.15. The first kappa shape index (κ1) is 28.4. The number of benzene rings is 7. The lowest BCUT2D eigenvalue weighted by Gasteiger charge is -2.26. The summed E-state index contributed by atoms with van der Waals surface area (Å²) in [6.45, 7) is 2.13. The molecule has 8 aromatic rings. The minimum atomic E-state index is 0.920. The number of furan rings is 1. The predicted octanol–water partition coefficient (Wildman–Crippen LogP) is 12.9. The fraction of sp³-hybridized carbons (Fsp3) is 0.0222. The summed E-state index contributed by atoms with van der Waals surface area (Å²) in [6.07, 6.45) is 0. The van der Waals surface area contributed by atoms with Crippen molar-refractivity contribution in [1.29, 1.82) is 0 Å². The first-order valence-electron chi connectivity index (χ1n) is 16.0. The van der Waals surface area contributed by atoms with Gasteiger partial charge in [-0.1, -0.05) is 133 Å². The Morgan fingerprint density at radius 2 is 0.766 bits per heavy atom. The van der Waals surface area contributed by atoms with Gasteiger partial charge in [0.25, 0.3) is 0 Å². The summed E-state index contributed by atoms with van der Waals surface area (Å²) in [5.74, 6) is 0.925. The van der Waals surface area contributed by atoms with Crippen LogP contribution in [0.2, 0.25) is 0 Å². The molecule has 0 atom stereocenters. The largest absolute Gasteiger partial charge is 0.456 e. The van der Waals surface area contributed by atoms with Crippen molar-refractivity contribution < 1.29 is 4.42 Å². The van der Waals surface area contributed by atoms with E-state index >= 15 is 0 Å². The van der Waals surface area contributed by atoms with E-state index < -0.39 is 0 Å². The fourth-order valence-electron chi connectivity index (χ4n) is 6.41. The fourth-order valence-corrected chi connectivity index (χ4v) is 6.41. The number of para-hydroxylation sites is 1. The number of hydrogen-bond donors (Lipinski definition) is 0. The van der Waals surface area contributed by atoms with Gasteiger partial charge in [0.2, 0.25) is 0 Å². The third-order valence-electron chi connectivity index (χ3n) is 8.89. The number of anilines is 3.